The fraction of sp³-hybridized carbons (Fsp3) is 0.407. The third kappa shape index (κ3) is 5.73. The molecule has 184 valence electrons. The Bertz CT molecular complexity index is 1140. The van der Waals surface area contributed by atoms with Gasteiger partial charge in [-0.1, -0.05) is 24.3 Å². The Kier molecular flexibility index (Phi) is 7.13. The monoisotopic (exact) mass is 475 g/mol. The zero-order chi connectivity index (χ0) is 24.2. The van der Waals surface area contributed by atoms with Crippen LogP contribution < -0.4 is 15.5 Å². The maximum Gasteiger partial charge on any atom is 0.274 e. The minimum atomic E-state index is -0.482. The number of nitrogens with one attached hydrogen (secondary N) is 2. The highest BCUT2D eigenvalue weighted by atomic mass is 16.5. The predicted molar refractivity (Wildman–Crippen MR) is 132 cm³/mol. The van der Waals surface area contributed by atoms with Crippen LogP contribution in [0.25, 0.3) is 0 Å². The van der Waals surface area contributed by atoms with Gasteiger partial charge in [0.1, 0.15) is 11.6 Å². The molecule has 0 bridgehead atoms. The van der Waals surface area contributed by atoms with Crippen molar-refractivity contribution in [3.05, 3.63) is 82.9 Å². The molecule has 2 aromatic carbocycles. The Balaban J connectivity index is 1.05. The molecule has 3 aromatic rings. The molecule has 3 N–H and O–H groups in total. The van der Waals surface area contributed by atoms with Crippen LogP contribution in [0, 0.1) is 0 Å². The summed E-state index contributed by atoms with van der Waals surface area (Å²) in [6.45, 7) is 4.72. The maximum absolute atomic E-state index is 11.4. The van der Waals surface area contributed by atoms with Gasteiger partial charge in [-0.2, -0.15) is 0 Å². The van der Waals surface area contributed by atoms with E-state index in [9.17, 15) is 4.79 Å². The summed E-state index contributed by atoms with van der Waals surface area (Å²) in [6.07, 6.45) is 5.38. The van der Waals surface area contributed by atoms with Crippen molar-refractivity contribution < 1.29 is 14.7 Å². The van der Waals surface area contributed by atoms with Crippen LogP contribution in [0.3, 0.4) is 0 Å². The summed E-state index contributed by atoms with van der Waals surface area (Å²) in [5, 5.41) is 12.4. The lowest BCUT2D eigenvalue weighted by Gasteiger charge is -2.27. The number of methoxy groups -OCH3 is 1. The zero-order valence-electron chi connectivity index (χ0n) is 20.1. The molecule has 35 heavy (non-hydrogen) atoms. The van der Waals surface area contributed by atoms with Gasteiger partial charge in [0.2, 0.25) is 0 Å². The largest absolute Gasteiger partial charge is 0.497 e. The number of rotatable bonds is 10. The second-order valence-electron chi connectivity index (χ2n) is 9.46. The molecular weight excluding hydrogens is 442 g/mol. The first-order valence-electron chi connectivity index (χ1n) is 12.3. The second kappa shape index (κ2) is 10.6. The third-order valence-corrected chi connectivity index (χ3v) is 7.07. The summed E-state index contributed by atoms with van der Waals surface area (Å²) < 4.78 is 7.55. The van der Waals surface area contributed by atoms with Crippen LogP contribution in [0.4, 0.5) is 0 Å². The minimum absolute atomic E-state index is 0.461. The Morgan fingerprint density at radius 3 is 2.69 bits per heavy atom. The van der Waals surface area contributed by atoms with Gasteiger partial charge in [-0.15, -0.1) is 0 Å². The molecule has 1 amide bonds. The number of carbonyl (C=O) groups is 1. The first-order chi connectivity index (χ1) is 17.1. The molecule has 8 heteroatoms. The number of ether oxygens (including phenoxy) is 1. The highest BCUT2D eigenvalue weighted by molar-refractivity contribution is 5.93. The molecule has 5 rings (SSSR count). The molecule has 1 fully saturated rings. The molecule has 0 saturated heterocycles. The van der Waals surface area contributed by atoms with Crippen LogP contribution in [-0.4, -0.2) is 51.8 Å². The van der Waals surface area contributed by atoms with E-state index in [1.165, 1.54) is 17.5 Å². The maximum atomic E-state index is 11.4. The topological polar surface area (TPSA) is 91.7 Å². The summed E-state index contributed by atoms with van der Waals surface area (Å²) in [5.41, 5.74) is 5.81. The normalized spacial score (nSPS) is 19.3. The molecule has 2 atom stereocenters. The molecule has 1 aliphatic carbocycles. The lowest BCUT2D eigenvalue weighted by atomic mass is 10.1. The van der Waals surface area contributed by atoms with Crippen molar-refractivity contribution in [2.75, 3.05) is 20.2 Å². The van der Waals surface area contributed by atoms with Crippen molar-refractivity contribution in [2.45, 2.75) is 50.9 Å². The third-order valence-electron chi connectivity index (χ3n) is 7.07. The molecule has 2 aliphatic rings. The number of hydrogen-bond donors (Lipinski definition) is 3. The van der Waals surface area contributed by atoms with Crippen molar-refractivity contribution in [1.29, 1.82) is 0 Å². The number of hydroxylamine groups is 1. The minimum Gasteiger partial charge on any atom is -0.497 e. The van der Waals surface area contributed by atoms with Crippen LogP contribution in [0.1, 0.15) is 51.8 Å². The number of amides is 1. The van der Waals surface area contributed by atoms with Crippen molar-refractivity contribution >= 4 is 5.91 Å². The molecule has 0 radical (unpaired) electrons. The van der Waals surface area contributed by atoms with E-state index in [-0.39, 0.29) is 0 Å². The molecule has 0 spiro atoms. The number of hydrogen-bond acceptors (Lipinski definition) is 6. The average Bonchev–Trinajstić information content (AvgIpc) is 3.57. The van der Waals surface area contributed by atoms with E-state index in [1.54, 1.807) is 24.7 Å². The summed E-state index contributed by atoms with van der Waals surface area (Å²) in [7, 11) is 1.70. The number of benzene rings is 2. The standard InChI is InChI=1S/C27H33N5O3/c1-35-23-10-8-20(9-11-23)24-15-25(24)28-16-22-17-32-14-13-31(18-26(32)29-22)12-2-3-19-4-6-21(7-5-19)27(33)30-34/h4-11,17,24-25,28,34H,2-3,12-16,18H2,1H3,(H,30,33). The van der Waals surface area contributed by atoms with E-state index in [2.05, 4.69) is 33.1 Å². The van der Waals surface area contributed by atoms with Gasteiger partial charge in [0.25, 0.3) is 5.91 Å². The van der Waals surface area contributed by atoms with Crippen LogP contribution >= 0.6 is 0 Å². The fourth-order valence-electron chi connectivity index (χ4n) is 4.91. The average molecular weight is 476 g/mol. The van der Waals surface area contributed by atoms with E-state index >= 15 is 0 Å². The van der Waals surface area contributed by atoms with Gasteiger partial charge in [0.05, 0.1) is 19.3 Å². The predicted octanol–water partition coefficient (Wildman–Crippen LogP) is 3.10. The van der Waals surface area contributed by atoms with E-state index in [0.717, 1.165) is 62.8 Å². The molecule has 1 aromatic heterocycles. The zero-order valence-corrected chi connectivity index (χ0v) is 20.1. The number of imidazole rings is 1. The van der Waals surface area contributed by atoms with E-state index < -0.39 is 5.91 Å². The first kappa shape index (κ1) is 23.5. The van der Waals surface area contributed by atoms with Gasteiger partial charge in [-0.25, -0.2) is 10.5 Å². The molecule has 1 aliphatic heterocycles. The van der Waals surface area contributed by atoms with Crippen LogP contribution in [0.5, 0.6) is 5.75 Å². The van der Waals surface area contributed by atoms with E-state index in [1.807, 2.05) is 24.3 Å². The van der Waals surface area contributed by atoms with Crippen LogP contribution in [-0.2, 0) is 26.1 Å². The summed E-state index contributed by atoms with van der Waals surface area (Å²) in [4.78, 5) is 18.8. The second-order valence-corrected chi connectivity index (χ2v) is 9.46. The Hall–Kier alpha value is -3.20. The quantitative estimate of drug-likeness (QED) is 0.308. The van der Waals surface area contributed by atoms with Gasteiger partial charge in [-0.05, 0) is 61.2 Å². The number of aryl methyl sites for hydroxylation is 1. The summed E-state index contributed by atoms with van der Waals surface area (Å²) in [5.74, 6) is 2.15. The first-order valence-corrected chi connectivity index (χ1v) is 12.3. The highest BCUT2D eigenvalue weighted by Gasteiger charge is 2.37. The van der Waals surface area contributed by atoms with Gasteiger partial charge < -0.3 is 14.6 Å². The Morgan fingerprint density at radius 1 is 1.14 bits per heavy atom. The summed E-state index contributed by atoms with van der Waals surface area (Å²) in [6, 6.07) is 16.3. The van der Waals surface area contributed by atoms with E-state index in [0.29, 0.717) is 17.5 Å². The number of nitrogens with zero attached hydrogens (tertiary/aromatic N) is 3. The highest BCUT2D eigenvalue weighted by Crippen LogP contribution is 2.41. The fourth-order valence-corrected chi connectivity index (χ4v) is 4.91. The number of fused-ring (bicyclic) bond motifs is 1. The van der Waals surface area contributed by atoms with Gasteiger partial charge >= 0.3 is 0 Å². The van der Waals surface area contributed by atoms with Gasteiger partial charge in [0, 0.05) is 43.4 Å². The van der Waals surface area contributed by atoms with Crippen molar-refractivity contribution in [1.82, 2.24) is 25.2 Å². The lowest BCUT2D eigenvalue weighted by molar-refractivity contribution is 0.0706. The molecule has 2 heterocycles. The number of aromatic nitrogens is 2. The lowest BCUT2D eigenvalue weighted by Crippen LogP contribution is -2.34. The molecular formula is C27H33N5O3. The SMILES string of the molecule is COc1ccc(C2CC2NCc2cn3c(n2)CN(CCCc2ccc(C(=O)NO)cc2)CC3)cc1. The van der Waals surface area contributed by atoms with Crippen molar-refractivity contribution in [3.8, 4) is 5.75 Å². The van der Waals surface area contributed by atoms with Crippen molar-refractivity contribution in [3.63, 3.8) is 0 Å². The van der Waals surface area contributed by atoms with E-state index in [4.69, 9.17) is 14.9 Å². The van der Waals surface area contributed by atoms with Gasteiger partial charge in [0.15, 0.2) is 0 Å². The number of carbonyl (C=O) groups excluding carboxylic acids is 1. The summed E-state index contributed by atoms with van der Waals surface area (Å²) >= 11 is 0. The van der Waals surface area contributed by atoms with Gasteiger partial charge in [-0.3, -0.25) is 14.9 Å². The molecule has 2 unspecified atom stereocenters. The smallest absolute Gasteiger partial charge is 0.274 e. The van der Waals surface area contributed by atoms with Crippen LogP contribution in [0.15, 0.2) is 54.7 Å². The Labute approximate surface area is 205 Å². The molecule has 8 nitrogen and oxygen atoms in total. The Morgan fingerprint density at radius 2 is 1.94 bits per heavy atom. The van der Waals surface area contributed by atoms with Crippen molar-refractivity contribution in [2.24, 2.45) is 0 Å². The molecule has 1 saturated carbocycles. The van der Waals surface area contributed by atoms with Crippen LogP contribution in [0.2, 0.25) is 0 Å².